The number of β-amino-alcohol motifs (C(OH)–C–C–N with tert-alkyl or cyclic N) is 1. The number of nitrogens with zero attached hydrogens (tertiary/aromatic N) is 3. The van der Waals surface area contributed by atoms with Crippen LogP contribution in [-0.4, -0.2) is 65.1 Å². The van der Waals surface area contributed by atoms with Gasteiger partial charge in [0.2, 0.25) is 0 Å². The summed E-state index contributed by atoms with van der Waals surface area (Å²) in [6.07, 6.45) is 0.865. The van der Waals surface area contributed by atoms with Crippen LogP contribution in [0, 0.1) is 0 Å². The molecule has 1 N–H and O–H groups in total. The molecule has 1 amide bonds. The highest BCUT2D eigenvalue weighted by atomic mass is 35.5. The van der Waals surface area contributed by atoms with Crippen molar-refractivity contribution >= 4 is 29.1 Å². The molecule has 0 radical (unpaired) electrons. The summed E-state index contributed by atoms with van der Waals surface area (Å²) < 4.78 is 0. The van der Waals surface area contributed by atoms with Gasteiger partial charge in [-0.1, -0.05) is 23.2 Å². The van der Waals surface area contributed by atoms with E-state index in [1.165, 1.54) is 0 Å². The van der Waals surface area contributed by atoms with Gasteiger partial charge in [0, 0.05) is 26.2 Å². The Labute approximate surface area is 128 Å². The van der Waals surface area contributed by atoms with Gasteiger partial charge >= 0.3 is 0 Å². The van der Waals surface area contributed by atoms with Crippen LogP contribution in [0.2, 0.25) is 10.2 Å². The molecule has 1 aliphatic rings. The van der Waals surface area contributed by atoms with E-state index in [0.29, 0.717) is 24.7 Å². The Morgan fingerprint density at radius 1 is 1.25 bits per heavy atom. The molecule has 0 unspecified atom stereocenters. The summed E-state index contributed by atoms with van der Waals surface area (Å²) in [5, 5.41) is 9.54. The Bertz CT molecular complexity index is 485. The van der Waals surface area contributed by atoms with Crippen molar-refractivity contribution in [2.24, 2.45) is 0 Å². The van der Waals surface area contributed by atoms with Gasteiger partial charge in [0.05, 0.1) is 11.6 Å². The van der Waals surface area contributed by atoms with Crippen molar-refractivity contribution in [3.05, 3.63) is 28.0 Å². The number of aliphatic hydroxyl groups is 1. The molecule has 1 aliphatic heterocycles. The van der Waals surface area contributed by atoms with Crippen LogP contribution in [0.3, 0.4) is 0 Å². The average molecular weight is 318 g/mol. The lowest BCUT2D eigenvalue weighted by Gasteiger charge is -2.21. The number of halogens is 2. The summed E-state index contributed by atoms with van der Waals surface area (Å²) in [4.78, 5) is 20.3. The predicted molar refractivity (Wildman–Crippen MR) is 78.3 cm³/mol. The molecule has 5 nitrogen and oxygen atoms in total. The topological polar surface area (TPSA) is 56.7 Å². The van der Waals surface area contributed by atoms with Crippen molar-refractivity contribution < 1.29 is 9.90 Å². The van der Waals surface area contributed by atoms with E-state index in [0.717, 1.165) is 19.5 Å². The van der Waals surface area contributed by atoms with Crippen molar-refractivity contribution in [3.8, 4) is 0 Å². The smallest absolute Gasteiger partial charge is 0.274 e. The molecule has 0 saturated carbocycles. The summed E-state index contributed by atoms with van der Waals surface area (Å²) in [6, 6.07) is 3.14. The minimum atomic E-state index is -0.191. The van der Waals surface area contributed by atoms with Crippen LogP contribution in [0.15, 0.2) is 12.1 Å². The van der Waals surface area contributed by atoms with Gasteiger partial charge in [-0.15, -0.1) is 0 Å². The second-order valence-electron chi connectivity index (χ2n) is 4.68. The van der Waals surface area contributed by atoms with Gasteiger partial charge in [0.1, 0.15) is 10.8 Å². The van der Waals surface area contributed by atoms with Crippen LogP contribution in [0.25, 0.3) is 0 Å². The monoisotopic (exact) mass is 317 g/mol. The van der Waals surface area contributed by atoms with E-state index < -0.39 is 0 Å². The van der Waals surface area contributed by atoms with Crippen LogP contribution in [-0.2, 0) is 0 Å². The van der Waals surface area contributed by atoms with Gasteiger partial charge in [-0.25, -0.2) is 4.98 Å². The van der Waals surface area contributed by atoms with Gasteiger partial charge in [0.15, 0.2) is 0 Å². The lowest BCUT2D eigenvalue weighted by Crippen LogP contribution is -2.36. The standard InChI is InChI=1S/C13H17Cl2N3O2/c14-10-2-3-11(15)16-12(10)13(20)18-5-1-4-17(6-7-18)8-9-19/h2-3,19H,1,4-9H2. The number of carbonyl (C=O) groups is 1. The summed E-state index contributed by atoms with van der Waals surface area (Å²) in [5.74, 6) is -0.191. The fraction of sp³-hybridized carbons (Fsp3) is 0.538. The Kier molecular flexibility index (Phi) is 5.60. The molecule has 0 atom stereocenters. The predicted octanol–water partition coefficient (Wildman–Crippen LogP) is 1.53. The van der Waals surface area contributed by atoms with E-state index in [9.17, 15) is 4.79 Å². The highest BCUT2D eigenvalue weighted by Gasteiger charge is 2.23. The Morgan fingerprint density at radius 2 is 2.05 bits per heavy atom. The maximum absolute atomic E-state index is 12.4. The SMILES string of the molecule is O=C(c1nc(Cl)ccc1Cl)N1CCCN(CCO)CC1. The van der Waals surface area contributed by atoms with E-state index in [4.69, 9.17) is 28.3 Å². The first-order valence-corrected chi connectivity index (χ1v) is 7.32. The normalized spacial score (nSPS) is 17.1. The number of hydrogen-bond donors (Lipinski definition) is 1. The van der Waals surface area contributed by atoms with E-state index >= 15 is 0 Å². The molecule has 0 bridgehead atoms. The lowest BCUT2D eigenvalue weighted by atomic mass is 10.3. The number of amides is 1. The summed E-state index contributed by atoms with van der Waals surface area (Å²) in [6.45, 7) is 3.65. The zero-order chi connectivity index (χ0) is 14.5. The largest absolute Gasteiger partial charge is 0.395 e. The summed E-state index contributed by atoms with van der Waals surface area (Å²) in [5.41, 5.74) is 0.203. The van der Waals surface area contributed by atoms with Gasteiger partial charge in [0.25, 0.3) is 5.91 Å². The first-order valence-electron chi connectivity index (χ1n) is 6.56. The van der Waals surface area contributed by atoms with Crippen molar-refractivity contribution in [2.45, 2.75) is 6.42 Å². The van der Waals surface area contributed by atoms with Gasteiger partial charge in [-0.3, -0.25) is 9.69 Å². The van der Waals surface area contributed by atoms with E-state index in [2.05, 4.69) is 9.88 Å². The van der Waals surface area contributed by atoms with Crippen LogP contribution >= 0.6 is 23.2 Å². The number of carbonyl (C=O) groups excluding carboxylic acids is 1. The molecule has 2 rings (SSSR count). The molecule has 2 heterocycles. The minimum absolute atomic E-state index is 0.135. The molecule has 1 aromatic rings. The van der Waals surface area contributed by atoms with Crippen molar-refractivity contribution in [1.82, 2.24) is 14.8 Å². The van der Waals surface area contributed by atoms with Crippen molar-refractivity contribution in [1.29, 1.82) is 0 Å². The van der Waals surface area contributed by atoms with Crippen molar-refractivity contribution in [3.63, 3.8) is 0 Å². The van der Waals surface area contributed by atoms with Gasteiger partial charge in [-0.2, -0.15) is 0 Å². The zero-order valence-corrected chi connectivity index (χ0v) is 12.6. The fourth-order valence-electron chi connectivity index (χ4n) is 2.26. The zero-order valence-electron chi connectivity index (χ0n) is 11.1. The summed E-state index contributed by atoms with van der Waals surface area (Å²) in [7, 11) is 0. The molecular weight excluding hydrogens is 301 g/mol. The molecule has 1 aromatic heterocycles. The third-order valence-electron chi connectivity index (χ3n) is 3.31. The quantitative estimate of drug-likeness (QED) is 0.859. The Morgan fingerprint density at radius 3 is 2.80 bits per heavy atom. The van der Waals surface area contributed by atoms with Crippen LogP contribution < -0.4 is 0 Å². The van der Waals surface area contributed by atoms with Crippen LogP contribution in [0.5, 0.6) is 0 Å². The number of pyridine rings is 1. The van der Waals surface area contributed by atoms with Gasteiger partial charge < -0.3 is 10.0 Å². The molecule has 0 spiro atoms. The highest BCUT2D eigenvalue weighted by Crippen LogP contribution is 2.19. The third-order valence-corrected chi connectivity index (χ3v) is 3.82. The molecule has 7 heteroatoms. The molecule has 20 heavy (non-hydrogen) atoms. The second-order valence-corrected chi connectivity index (χ2v) is 5.47. The number of aliphatic hydroxyl groups excluding tert-OH is 1. The molecule has 0 aromatic carbocycles. The first kappa shape index (κ1) is 15.5. The molecule has 110 valence electrons. The maximum Gasteiger partial charge on any atom is 0.274 e. The minimum Gasteiger partial charge on any atom is -0.395 e. The number of aromatic nitrogens is 1. The van der Waals surface area contributed by atoms with Crippen molar-refractivity contribution in [2.75, 3.05) is 39.3 Å². The van der Waals surface area contributed by atoms with E-state index in [1.807, 2.05) is 0 Å². The Hall–Kier alpha value is -0.880. The van der Waals surface area contributed by atoms with E-state index in [1.54, 1.807) is 17.0 Å². The van der Waals surface area contributed by atoms with Crippen LogP contribution in [0.4, 0.5) is 0 Å². The molecule has 1 saturated heterocycles. The van der Waals surface area contributed by atoms with E-state index in [-0.39, 0.29) is 23.4 Å². The summed E-state index contributed by atoms with van der Waals surface area (Å²) >= 11 is 11.8. The fourth-order valence-corrected chi connectivity index (χ4v) is 2.59. The second kappa shape index (κ2) is 7.22. The molecule has 0 aliphatic carbocycles. The van der Waals surface area contributed by atoms with Crippen LogP contribution in [0.1, 0.15) is 16.9 Å². The average Bonchev–Trinajstić information content (AvgIpc) is 2.67. The Balaban J connectivity index is 2.07. The number of hydrogen-bond acceptors (Lipinski definition) is 4. The first-order chi connectivity index (χ1) is 9.61. The maximum atomic E-state index is 12.4. The van der Waals surface area contributed by atoms with Gasteiger partial charge in [-0.05, 0) is 25.1 Å². The third kappa shape index (κ3) is 3.82. The number of rotatable bonds is 3. The molecule has 1 fully saturated rings. The molecular formula is C13H17Cl2N3O2. The highest BCUT2D eigenvalue weighted by molar-refractivity contribution is 6.34. The lowest BCUT2D eigenvalue weighted by molar-refractivity contribution is 0.0755.